The fourth-order valence-electron chi connectivity index (χ4n) is 2.28. The fourth-order valence-corrected chi connectivity index (χ4v) is 2.28. The second-order valence-corrected chi connectivity index (χ2v) is 4.41. The van der Waals surface area contributed by atoms with Gasteiger partial charge in [0, 0.05) is 17.0 Å². The summed E-state index contributed by atoms with van der Waals surface area (Å²) in [4.78, 5) is 0. The molecule has 76 valence electrons. The molecule has 0 aromatic carbocycles. The number of allylic oxidation sites excluding steroid dienone is 3. The van der Waals surface area contributed by atoms with Crippen LogP contribution in [0.15, 0.2) is 34.7 Å². The van der Waals surface area contributed by atoms with Crippen LogP contribution < -0.4 is 11.5 Å². The number of hydrogen-bond acceptors (Lipinski definition) is 2. The zero-order valence-electron chi connectivity index (χ0n) is 8.72. The van der Waals surface area contributed by atoms with Crippen LogP contribution >= 0.6 is 0 Å². The van der Waals surface area contributed by atoms with Gasteiger partial charge in [-0.3, -0.25) is 0 Å². The topological polar surface area (TPSA) is 52.0 Å². The molecular formula is C12H18N2. The molecule has 2 aliphatic carbocycles. The molecule has 2 aliphatic rings. The van der Waals surface area contributed by atoms with E-state index in [0.717, 1.165) is 22.9 Å². The smallest absolute Gasteiger partial charge is 0.0408 e. The molecule has 0 unspecified atom stereocenters. The van der Waals surface area contributed by atoms with Crippen LogP contribution in [0.1, 0.15) is 32.6 Å². The van der Waals surface area contributed by atoms with E-state index in [2.05, 4.69) is 6.92 Å². The Labute approximate surface area is 85.4 Å². The van der Waals surface area contributed by atoms with Crippen LogP contribution in [0.5, 0.6) is 0 Å². The Morgan fingerprint density at radius 1 is 1.07 bits per heavy atom. The van der Waals surface area contributed by atoms with Crippen molar-refractivity contribution in [2.75, 3.05) is 0 Å². The lowest BCUT2D eigenvalue weighted by atomic mass is 9.84. The molecule has 14 heavy (non-hydrogen) atoms. The molecule has 1 fully saturated rings. The summed E-state index contributed by atoms with van der Waals surface area (Å²) in [5.41, 5.74) is 16.1. The molecule has 2 rings (SSSR count). The first-order chi connectivity index (χ1) is 6.68. The molecular weight excluding hydrogens is 172 g/mol. The normalized spacial score (nSPS) is 27.6. The highest BCUT2D eigenvalue weighted by atomic mass is 14.7. The van der Waals surface area contributed by atoms with Crippen molar-refractivity contribution in [3.8, 4) is 0 Å². The van der Waals surface area contributed by atoms with Crippen LogP contribution in [0.25, 0.3) is 0 Å². The van der Waals surface area contributed by atoms with Crippen molar-refractivity contribution in [2.24, 2.45) is 17.4 Å². The highest BCUT2D eigenvalue weighted by molar-refractivity contribution is 5.54. The Bertz CT molecular complexity index is 304. The van der Waals surface area contributed by atoms with E-state index in [1.54, 1.807) is 0 Å². The van der Waals surface area contributed by atoms with E-state index in [1.807, 2.05) is 12.2 Å². The monoisotopic (exact) mass is 190 g/mol. The zero-order valence-corrected chi connectivity index (χ0v) is 8.72. The molecule has 2 heteroatoms. The van der Waals surface area contributed by atoms with E-state index < -0.39 is 0 Å². The van der Waals surface area contributed by atoms with Crippen LogP contribution in [0, 0.1) is 5.92 Å². The van der Waals surface area contributed by atoms with Crippen LogP contribution in [0.2, 0.25) is 0 Å². The second-order valence-electron chi connectivity index (χ2n) is 4.41. The zero-order chi connectivity index (χ0) is 10.1. The minimum absolute atomic E-state index is 0.854. The first-order valence-corrected chi connectivity index (χ1v) is 5.34. The van der Waals surface area contributed by atoms with Gasteiger partial charge < -0.3 is 11.5 Å². The molecule has 2 nitrogen and oxygen atoms in total. The quantitative estimate of drug-likeness (QED) is 0.615. The molecule has 4 N–H and O–H groups in total. The Balaban J connectivity index is 2.23. The van der Waals surface area contributed by atoms with Crippen molar-refractivity contribution >= 4 is 0 Å². The third-order valence-corrected chi connectivity index (χ3v) is 3.25. The van der Waals surface area contributed by atoms with Crippen LogP contribution in [0.3, 0.4) is 0 Å². The minimum atomic E-state index is 0.854. The summed E-state index contributed by atoms with van der Waals surface area (Å²) in [6.45, 7) is 2.31. The van der Waals surface area contributed by atoms with Gasteiger partial charge >= 0.3 is 0 Å². The molecule has 0 spiro atoms. The molecule has 0 amide bonds. The van der Waals surface area contributed by atoms with Gasteiger partial charge in [0.15, 0.2) is 0 Å². The van der Waals surface area contributed by atoms with Crippen LogP contribution in [-0.2, 0) is 0 Å². The van der Waals surface area contributed by atoms with Crippen molar-refractivity contribution < 1.29 is 0 Å². The van der Waals surface area contributed by atoms with Crippen molar-refractivity contribution in [3.63, 3.8) is 0 Å². The molecule has 0 aliphatic heterocycles. The lowest BCUT2D eigenvalue weighted by molar-refractivity contribution is 0.442. The standard InChI is InChI=1S/C12H18N2/c1-8-2-4-9(5-3-8)12-10(13)6-7-11(12)14/h6-8H,2-5,13-14H2,1H3. The van der Waals surface area contributed by atoms with Crippen LogP contribution in [-0.4, -0.2) is 0 Å². The van der Waals surface area contributed by atoms with Crippen molar-refractivity contribution in [1.82, 2.24) is 0 Å². The first-order valence-electron chi connectivity index (χ1n) is 5.34. The number of nitrogens with two attached hydrogens (primary N) is 2. The van der Waals surface area contributed by atoms with Gasteiger partial charge in [-0.15, -0.1) is 0 Å². The van der Waals surface area contributed by atoms with Gasteiger partial charge in [0.05, 0.1) is 0 Å². The lowest BCUT2D eigenvalue weighted by Gasteiger charge is -2.22. The second kappa shape index (κ2) is 3.52. The van der Waals surface area contributed by atoms with Gasteiger partial charge in [0.25, 0.3) is 0 Å². The number of hydrogen-bond donors (Lipinski definition) is 2. The van der Waals surface area contributed by atoms with E-state index in [1.165, 1.54) is 31.3 Å². The van der Waals surface area contributed by atoms with Crippen molar-refractivity contribution in [1.29, 1.82) is 0 Å². The van der Waals surface area contributed by atoms with E-state index >= 15 is 0 Å². The average molecular weight is 190 g/mol. The van der Waals surface area contributed by atoms with E-state index in [9.17, 15) is 0 Å². The highest BCUT2D eigenvalue weighted by Crippen LogP contribution is 2.34. The summed E-state index contributed by atoms with van der Waals surface area (Å²) in [6, 6.07) is 0. The maximum absolute atomic E-state index is 5.91. The van der Waals surface area contributed by atoms with Gasteiger partial charge in [-0.05, 0) is 43.8 Å². The minimum Gasteiger partial charge on any atom is -0.398 e. The maximum Gasteiger partial charge on any atom is 0.0408 e. The molecule has 1 saturated carbocycles. The predicted octanol–water partition coefficient (Wildman–Crippen LogP) is 2.19. The Morgan fingerprint density at radius 3 is 2.07 bits per heavy atom. The van der Waals surface area contributed by atoms with Gasteiger partial charge in [-0.2, -0.15) is 0 Å². The highest BCUT2D eigenvalue weighted by Gasteiger charge is 2.20. The Kier molecular flexibility index (Phi) is 2.36. The number of rotatable bonds is 0. The van der Waals surface area contributed by atoms with E-state index in [-0.39, 0.29) is 0 Å². The first kappa shape index (κ1) is 9.38. The van der Waals surface area contributed by atoms with Crippen LogP contribution in [0.4, 0.5) is 0 Å². The molecule has 0 bridgehead atoms. The third-order valence-electron chi connectivity index (χ3n) is 3.25. The summed E-state index contributed by atoms with van der Waals surface area (Å²) in [5, 5.41) is 0. The van der Waals surface area contributed by atoms with Crippen molar-refractivity contribution in [3.05, 3.63) is 34.7 Å². The summed E-state index contributed by atoms with van der Waals surface area (Å²) in [6.07, 6.45) is 8.71. The molecule has 0 aromatic heterocycles. The van der Waals surface area contributed by atoms with Gasteiger partial charge in [-0.1, -0.05) is 12.5 Å². The van der Waals surface area contributed by atoms with Crippen molar-refractivity contribution in [2.45, 2.75) is 32.6 Å². The Hall–Kier alpha value is -1.18. The molecule has 0 heterocycles. The van der Waals surface area contributed by atoms with Gasteiger partial charge in [0.2, 0.25) is 0 Å². The summed E-state index contributed by atoms with van der Waals surface area (Å²) in [5.74, 6) is 0.858. The fraction of sp³-hybridized carbons (Fsp3) is 0.500. The molecule has 0 atom stereocenters. The largest absolute Gasteiger partial charge is 0.398 e. The van der Waals surface area contributed by atoms with Gasteiger partial charge in [0.1, 0.15) is 0 Å². The summed E-state index contributed by atoms with van der Waals surface area (Å²) >= 11 is 0. The third kappa shape index (κ3) is 1.57. The van der Waals surface area contributed by atoms with Gasteiger partial charge in [-0.25, -0.2) is 0 Å². The summed E-state index contributed by atoms with van der Waals surface area (Å²) < 4.78 is 0. The Morgan fingerprint density at radius 2 is 1.57 bits per heavy atom. The van der Waals surface area contributed by atoms with E-state index in [4.69, 9.17) is 11.5 Å². The van der Waals surface area contributed by atoms with E-state index in [0.29, 0.717) is 0 Å². The SMILES string of the molecule is CC1CCC(=C2C(N)=CC=C2N)CC1. The molecule has 0 radical (unpaired) electrons. The summed E-state index contributed by atoms with van der Waals surface area (Å²) in [7, 11) is 0. The average Bonchev–Trinajstić information content (AvgIpc) is 2.49. The predicted molar refractivity (Wildman–Crippen MR) is 59.2 cm³/mol. The maximum atomic E-state index is 5.91. The molecule has 0 aromatic rings. The lowest BCUT2D eigenvalue weighted by Crippen LogP contribution is -2.12. The molecule has 0 saturated heterocycles.